The third-order valence-corrected chi connectivity index (χ3v) is 2.72. The minimum absolute atomic E-state index is 0.285. The summed E-state index contributed by atoms with van der Waals surface area (Å²) in [6.07, 6.45) is 2.93. The van der Waals surface area contributed by atoms with Gasteiger partial charge in [0.05, 0.1) is 12.3 Å². The molecule has 1 aliphatic rings. The number of aromatic nitrogens is 3. The first-order valence-corrected chi connectivity index (χ1v) is 5.13. The number of rotatable bonds is 2. The van der Waals surface area contributed by atoms with Crippen LogP contribution in [0.25, 0.3) is 0 Å². The standard InChI is InChI=1S/C8H11BrN4O/c1-13-7(8(9)11-12-13)6(10)5-3-2-4-14-5/h3,6H,2,4,10H2,1H3. The van der Waals surface area contributed by atoms with E-state index in [-0.39, 0.29) is 6.04 Å². The molecule has 0 aliphatic carbocycles. The molecular formula is C8H11BrN4O. The molecule has 1 atom stereocenters. The van der Waals surface area contributed by atoms with Crippen molar-refractivity contribution in [1.82, 2.24) is 15.0 Å². The largest absolute Gasteiger partial charge is 0.496 e. The highest BCUT2D eigenvalue weighted by molar-refractivity contribution is 9.10. The van der Waals surface area contributed by atoms with Crippen molar-refractivity contribution < 1.29 is 4.74 Å². The molecule has 1 aliphatic heterocycles. The van der Waals surface area contributed by atoms with E-state index < -0.39 is 0 Å². The summed E-state index contributed by atoms with van der Waals surface area (Å²) in [5.41, 5.74) is 6.85. The van der Waals surface area contributed by atoms with Crippen molar-refractivity contribution in [3.63, 3.8) is 0 Å². The smallest absolute Gasteiger partial charge is 0.153 e. The van der Waals surface area contributed by atoms with Crippen LogP contribution in [-0.2, 0) is 11.8 Å². The van der Waals surface area contributed by atoms with Crippen molar-refractivity contribution in [1.29, 1.82) is 0 Å². The minimum atomic E-state index is -0.285. The predicted molar refractivity (Wildman–Crippen MR) is 54.3 cm³/mol. The van der Waals surface area contributed by atoms with E-state index in [9.17, 15) is 0 Å². The van der Waals surface area contributed by atoms with Crippen LogP contribution >= 0.6 is 15.9 Å². The Hall–Kier alpha value is -0.880. The second-order valence-corrected chi connectivity index (χ2v) is 3.86. The van der Waals surface area contributed by atoms with Crippen molar-refractivity contribution in [3.8, 4) is 0 Å². The first kappa shape index (κ1) is 9.67. The molecule has 2 N–H and O–H groups in total. The molecule has 76 valence electrons. The zero-order valence-electron chi connectivity index (χ0n) is 7.77. The summed E-state index contributed by atoms with van der Waals surface area (Å²) in [4.78, 5) is 0. The summed E-state index contributed by atoms with van der Waals surface area (Å²) in [5, 5.41) is 7.74. The summed E-state index contributed by atoms with van der Waals surface area (Å²) in [7, 11) is 1.81. The molecule has 6 heteroatoms. The normalized spacial score (nSPS) is 17.8. The zero-order chi connectivity index (χ0) is 10.1. The van der Waals surface area contributed by atoms with Crippen LogP contribution in [0.2, 0.25) is 0 Å². The van der Waals surface area contributed by atoms with Gasteiger partial charge in [-0.2, -0.15) is 0 Å². The molecular weight excluding hydrogens is 248 g/mol. The van der Waals surface area contributed by atoms with Gasteiger partial charge in [0.25, 0.3) is 0 Å². The molecule has 1 aromatic rings. The van der Waals surface area contributed by atoms with Gasteiger partial charge in [-0.3, -0.25) is 0 Å². The van der Waals surface area contributed by atoms with Crippen molar-refractivity contribution >= 4 is 15.9 Å². The van der Waals surface area contributed by atoms with Crippen LogP contribution in [0.3, 0.4) is 0 Å². The van der Waals surface area contributed by atoms with Crippen LogP contribution in [0.1, 0.15) is 18.2 Å². The van der Waals surface area contributed by atoms with E-state index in [4.69, 9.17) is 10.5 Å². The summed E-state index contributed by atoms with van der Waals surface area (Å²) in [6.45, 7) is 0.714. The molecule has 0 aromatic carbocycles. The molecule has 0 spiro atoms. The van der Waals surface area contributed by atoms with E-state index in [1.54, 1.807) is 4.68 Å². The van der Waals surface area contributed by atoms with Gasteiger partial charge in [-0.1, -0.05) is 5.21 Å². The number of aryl methyl sites for hydroxylation is 1. The van der Waals surface area contributed by atoms with Gasteiger partial charge in [-0.05, 0) is 22.0 Å². The minimum Gasteiger partial charge on any atom is -0.496 e. The van der Waals surface area contributed by atoms with E-state index in [1.165, 1.54) is 0 Å². The van der Waals surface area contributed by atoms with Crippen molar-refractivity contribution in [2.24, 2.45) is 12.8 Å². The lowest BCUT2D eigenvalue weighted by molar-refractivity contribution is 0.223. The lowest BCUT2D eigenvalue weighted by Gasteiger charge is -2.13. The number of hydrogen-bond acceptors (Lipinski definition) is 4. The Kier molecular flexibility index (Phi) is 2.56. The fourth-order valence-electron chi connectivity index (χ4n) is 1.46. The maximum Gasteiger partial charge on any atom is 0.153 e. The molecule has 0 radical (unpaired) electrons. The van der Waals surface area contributed by atoms with Gasteiger partial charge < -0.3 is 10.5 Å². The van der Waals surface area contributed by atoms with Gasteiger partial charge in [-0.15, -0.1) is 5.10 Å². The van der Waals surface area contributed by atoms with Crippen molar-refractivity contribution in [2.75, 3.05) is 6.61 Å². The average Bonchev–Trinajstić information content (AvgIpc) is 2.75. The number of nitrogens with two attached hydrogens (primary N) is 1. The molecule has 1 unspecified atom stereocenters. The Morgan fingerprint density at radius 2 is 2.50 bits per heavy atom. The monoisotopic (exact) mass is 258 g/mol. The van der Waals surface area contributed by atoms with Gasteiger partial charge in [0.2, 0.25) is 0 Å². The third kappa shape index (κ3) is 1.55. The lowest BCUT2D eigenvalue weighted by Crippen LogP contribution is -2.17. The predicted octanol–water partition coefficient (Wildman–Crippen LogP) is 0.882. The van der Waals surface area contributed by atoms with E-state index in [0.717, 1.165) is 17.9 Å². The molecule has 14 heavy (non-hydrogen) atoms. The number of ether oxygens (including phenoxy) is 1. The first-order chi connectivity index (χ1) is 6.70. The number of hydrogen-bond donors (Lipinski definition) is 1. The molecule has 0 saturated carbocycles. The fourth-order valence-corrected chi connectivity index (χ4v) is 2.03. The Morgan fingerprint density at radius 1 is 1.71 bits per heavy atom. The molecule has 2 heterocycles. The van der Waals surface area contributed by atoms with E-state index >= 15 is 0 Å². The average molecular weight is 259 g/mol. The SMILES string of the molecule is Cn1nnc(Br)c1C(N)C1=CCCO1. The molecule has 2 rings (SSSR count). The van der Waals surface area contributed by atoms with Crippen molar-refractivity contribution in [2.45, 2.75) is 12.5 Å². The van der Waals surface area contributed by atoms with Gasteiger partial charge in [-0.25, -0.2) is 4.68 Å². The summed E-state index contributed by atoms with van der Waals surface area (Å²) in [5.74, 6) is 0.802. The van der Waals surface area contributed by atoms with Crippen LogP contribution in [0.4, 0.5) is 0 Å². The second kappa shape index (κ2) is 3.70. The lowest BCUT2D eigenvalue weighted by atomic mass is 10.2. The van der Waals surface area contributed by atoms with Gasteiger partial charge in [0, 0.05) is 13.5 Å². The first-order valence-electron chi connectivity index (χ1n) is 4.33. The molecule has 0 fully saturated rings. The molecule has 0 amide bonds. The fraction of sp³-hybridized carbons (Fsp3) is 0.500. The quantitative estimate of drug-likeness (QED) is 0.856. The van der Waals surface area contributed by atoms with Gasteiger partial charge in [0.1, 0.15) is 11.8 Å². The van der Waals surface area contributed by atoms with Gasteiger partial charge >= 0.3 is 0 Å². The van der Waals surface area contributed by atoms with Crippen LogP contribution < -0.4 is 5.73 Å². The molecule has 1 aromatic heterocycles. The van der Waals surface area contributed by atoms with E-state index in [2.05, 4.69) is 26.2 Å². The Bertz CT molecular complexity index is 354. The highest BCUT2D eigenvalue weighted by Gasteiger charge is 2.23. The third-order valence-electron chi connectivity index (χ3n) is 2.16. The number of halogens is 1. The van der Waals surface area contributed by atoms with Crippen LogP contribution in [-0.4, -0.2) is 21.6 Å². The summed E-state index contributed by atoms with van der Waals surface area (Å²) < 4.78 is 7.72. The molecule has 0 bridgehead atoms. The maximum atomic E-state index is 6.02. The Balaban J connectivity index is 2.30. The van der Waals surface area contributed by atoms with Crippen LogP contribution in [0.15, 0.2) is 16.4 Å². The highest BCUT2D eigenvalue weighted by atomic mass is 79.9. The molecule has 5 nitrogen and oxygen atoms in total. The zero-order valence-corrected chi connectivity index (χ0v) is 9.36. The summed E-state index contributed by atoms with van der Waals surface area (Å²) in [6, 6.07) is -0.285. The second-order valence-electron chi connectivity index (χ2n) is 3.11. The van der Waals surface area contributed by atoms with Crippen molar-refractivity contribution in [3.05, 3.63) is 22.1 Å². The molecule has 0 saturated heterocycles. The Morgan fingerprint density at radius 3 is 3.00 bits per heavy atom. The topological polar surface area (TPSA) is 66.0 Å². The summed E-state index contributed by atoms with van der Waals surface area (Å²) >= 11 is 3.31. The van der Waals surface area contributed by atoms with Crippen LogP contribution in [0.5, 0.6) is 0 Å². The number of nitrogens with zero attached hydrogens (tertiary/aromatic N) is 3. The maximum absolute atomic E-state index is 6.02. The van der Waals surface area contributed by atoms with E-state index in [1.807, 2.05) is 13.1 Å². The van der Waals surface area contributed by atoms with E-state index in [0.29, 0.717) is 11.2 Å². The Labute approximate surface area is 90.0 Å². The highest BCUT2D eigenvalue weighted by Crippen LogP contribution is 2.27. The van der Waals surface area contributed by atoms with Gasteiger partial charge in [0.15, 0.2) is 4.60 Å². The van der Waals surface area contributed by atoms with Crippen LogP contribution in [0, 0.1) is 0 Å².